The van der Waals surface area contributed by atoms with Crippen molar-refractivity contribution in [1.82, 2.24) is 9.97 Å². The molecule has 0 spiro atoms. The summed E-state index contributed by atoms with van der Waals surface area (Å²) in [4.78, 5) is 33.0. The van der Waals surface area contributed by atoms with Crippen LogP contribution in [0, 0.1) is 5.41 Å². The molecule has 3 aromatic carbocycles. The zero-order valence-electron chi connectivity index (χ0n) is 20.1. The van der Waals surface area contributed by atoms with Crippen LogP contribution in [0.4, 0.5) is 23.1 Å². The molecule has 0 amide bonds. The van der Waals surface area contributed by atoms with Crippen LogP contribution in [-0.2, 0) is 6.54 Å². The topological polar surface area (TPSA) is 96.0 Å². The minimum Gasteiger partial charge on any atom is -0.377 e. The Labute approximate surface area is 209 Å². The molecule has 35 heavy (non-hydrogen) atoms. The van der Waals surface area contributed by atoms with Crippen LogP contribution in [-0.4, -0.2) is 16.0 Å². The van der Waals surface area contributed by atoms with Gasteiger partial charge in [0.1, 0.15) is 17.2 Å². The highest BCUT2D eigenvalue weighted by molar-refractivity contribution is 6.30. The van der Waals surface area contributed by atoms with Crippen LogP contribution in [0.1, 0.15) is 33.3 Å². The van der Waals surface area contributed by atoms with Crippen molar-refractivity contribution in [3.8, 4) is 11.1 Å². The molecule has 7 nitrogen and oxygen atoms in total. The smallest absolute Gasteiger partial charge is 0.253 e. The molecule has 0 saturated heterocycles. The first-order valence-electron chi connectivity index (χ1n) is 11.4. The van der Waals surface area contributed by atoms with Gasteiger partial charge in [-0.15, -0.1) is 0 Å². The largest absolute Gasteiger partial charge is 0.377 e. The molecule has 0 bridgehead atoms. The van der Waals surface area contributed by atoms with Gasteiger partial charge in [0.05, 0.1) is 0 Å². The molecule has 0 fully saturated rings. The first-order valence-corrected chi connectivity index (χ1v) is 11.8. The molecular weight excluding hydrogens is 462 g/mol. The number of halogens is 1. The monoisotopic (exact) mass is 489 g/mol. The molecule has 1 heterocycles. The van der Waals surface area contributed by atoms with E-state index in [1.54, 1.807) is 12.3 Å². The first-order chi connectivity index (χ1) is 16.6. The fraction of sp³-hybridized carbons (Fsp3) is 0.259. The Hall–Kier alpha value is -3.71. The van der Waals surface area contributed by atoms with Gasteiger partial charge in [0.2, 0.25) is 5.95 Å². The molecule has 0 saturated carbocycles. The van der Waals surface area contributed by atoms with E-state index < -0.39 is 10.9 Å². The van der Waals surface area contributed by atoms with Gasteiger partial charge in [-0.3, -0.25) is 9.59 Å². The van der Waals surface area contributed by atoms with Crippen LogP contribution < -0.4 is 26.8 Å². The minimum atomic E-state index is -0.553. The highest BCUT2D eigenvalue weighted by Gasteiger charge is 2.27. The number of nitrogens with zero attached hydrogens (tertiary/aromatic N) is 2. The van der Waals surface area contributed by atoms with Crippen LogP contribution >= 0.6 is 11.6 Å². The average Bonchev–Trinajstić information content (AvgIpc) is 2.85. The average molecular weight is 490 g/mol. The van der Waals surface area contributed by atoms with E-state index in [4.69, 9.17) is 11.6 Å². The number of benzene rings is 2. The van der Waals surface area contributed by atoms with Crippen molar-refractivity contribution in [1.29, 1.82) is 0 Å². The van der Waals surface area contributed by atoms with Gasteiger partial charge in [-0.1, -0.05) is 68.8 Å². The SMILES string of the molecule is C[C@@H](Nc1c(Nc2ccnc(NCc3ccc(-c4ccc(Cl)cc4)cc3)n2)c(=O)c1=O)C(C)(C)C. The maximum atomic E-state index is 12.2. The highest BCUT2D eigenvalue weighted by atomic mass is 35.5. The van der Waals surface area contributed by atoms with Crippen molar-refractivity contribution in [3.05, 3.63) is 91.8 Å². The van der Waals surface area contributed by atoms with Crippen LogP contribution in [0.5, 0.6) is 0 Å². The lowest BCUT2D eigenvalue weighted by Crippen LogP contribution is -2.41. The Kier molecular flexibility index (Phi) is 6.89. The van der Waals surface area contributed by atoms with Crippen molar-refractivity contribution in [2.24, 2.45) is 5.41 Å². The van der Waals surface area contributed by atoms with Crippen LogP contribution in [0.25, 0.3) is 11.1 Å². The minimum absolute atomic E-state index is 0.0000527. The number of anilines is 4. The van der Waals surface area contributed by atoms with Gasteiger partial charge in [0, 0.05) is 23.8 Å². The van der Waals surface area contributed by atoms with Crippen molar-refractivity contribution >= 4 is 34.7 Å². The summed E-state index contributed by atoms with van der Waals surface area (Å²) < 4.78 is 0. The zero-order chi connectivity index (χ0) is 25.2. The summed E-state index contributed by atoms with van der Waals surface area (Å²) >= 11 is 5.97. The van der Waals surface area contributed by atoms with E-state index in [2.05, 4.69) is 58.8 Å². The normalized spacial score (nSPS) is 12.4. The third-order valence-electron chi connectivity index (χ3n) is 6.06. The maximum absolute atomic E-state index is 12.2. The van der Waals surface area contributed by atoms with E-state index in [1.165, 1.54) is 0 Å². The molecule has 0 aliphatic carbocycles. The van der Waals surface area contributed by atoms with Crippen molar-refractivity contribution in [3.63, 3.8) is 0 Å². The van der Waals surface area contributed by atoms with E-state index >= 15 is 0 Å². The van der Waals surface area contributed by atoms with Crippen molar-refractivity contribution in [2.45, 2.75) is 40.3 Å². The van der Waals surface area contributed by atoms with E-state index in [9.17, 15) is 9.59 Å². The third kappa shape index (κ3) is 5.69. The van der Waals surface area contributed by atoms with Gasteiger partial charge in [-0.25, -0.2) is 4.98 Å². The Morgan fingerprint density at radius 3 is 2.11 bits per heavy atom. The summed E-state index contributed by atoms with van der Waals surface area (Å²) in [6.07, 6.45) is 1.59. The predicted octanol–water partition coefficient (Wildman–Crippen LogP) is 5.60. The highest BCUT2D eigenvalue weighted by Crippen LogP contribution is 2.26. The lowest BCUT2D eigenvalue weighted by atomic mass is 9.87. The molecule has 1 aromatic heterocycles. The molecule has 4 rings (SSSR count). The second-order valence-corrected chi connectivity index (χ2v) is 10.0. The Bertz CT molecular complexity index is 1390. The summed E-state index contributed by atoms with van der Waals surface area (Å²) in [5.41, 5.74) is 2.65. The van der Waals surface area contributed by atoms with Crippen LogP contribution in [0.15, 0.2) is 70.4 Å². The van der Waals surface area contributed by atoms with E-state index in [1.807, 2.05) is 43.3 Å². The van der Waals surface area contributed by atoms with Gasteiger partial charge < -0.3 is 16.0 Å². The molecular formula is C27H28ClN5O2. The van der Waals surface area contributed by atoms with Gasteiger partial charge in [0.15, 0.2) is 0 Å². The number of hydrogen-bond acceptors (Lipinski definition) is 7. The van der Waals surface area contributed by atoms with Gasteiger partial charge in [-0.2, -0.15) is 4.98 Å². The zero-order valence-corrected chi connectivity index (χ0v) is 20.9. The Balaban J connectivity index is 1.41. The molecule has 0 aliphatic heterocycles. The molecule has 1 atom stereocenters. The van der Waals surface area contributed by atoms with Crippen LogP contribution in [0.3, 0.4) is 0 Å². The van der Waals surface area contributed by atoms with E-state index in [-0.39, 0.29) is 17.1 Å². The van der Waals surface area contributed by atoms with Gasteiger partial charge in [-0.05, 0) is 47.2 Å². The Morgan fingerprint density at radius 2 is 1.49 bits per heavy atom. The number of hydrogen-bond donors (Lipinski definition) is 3. The molecule has 0 aliphatic rings. The lowest BCUT2D eigenvalue weighted by Gasteiger charge is -2.30. The summed E-state index contributed by atoms with van der Waals surface area (Å²) in [7, 11) is 0. The second-order valence-electron chi connectivity index (χ2n) is 9.59. The van der Waals surface area contributed by atoms with Crippen LogP contribution in [0.2, 0.25) is 5.02 Å². The molecule has 180 valence electrons. The van der Waals surface area contributed by atoms with Crippen molar-refractivity contribution in [2.75, 3.05) is 16.0 Å². The predicted molar refractivity (Wildman–Crippen MR) is 143 cm³/mol. The standard InChI is InChI=1S/C27H28ClN5O2/c1-16(27(2,3)4)31-22-23(25(35)24(22)34)32-21-13-14-29-26(33-21)30-15-17-5-7-18(8-6-17)19-9-11-20(28)12-10-19/h5-14,16,31H,15H2,1-4H3,(H2,29,30,32,33)/t16-/m1/s1. The Morgan fingerprint density at radius 1 is 0.886 bits per heavy atom. The fourth-order valence-corrected chi connectivity index (χ4v) is 3.49. The quantitative estimate of drug-likeness (QED) is 0.277. The molecule has 3 N–H and O–H groups in total. The number of aromatic nitrogens is 2. The van der Waals surface area contributed by atoms with Gasteiger partial charge in [0.25, 0.3) is 10.9 Å². The maximum Gasteiger partial charge on any atom is 0.253 e. The fourth-order valence-electron chi connectivity index (χ4n) is 3.36. The second kappa shape index (κ2) is 9.88. The third-order valence-corrected chi connectivity index (χ3v) is 6.31. The molecule has 0 unspecified atom stereocenters. The number of rotatable bonds is 8. The summed E-state index contributed by atoms with van der Waals surface area (Å²) in [6, 6.07) is 17.6. The van der Waals surface area contributed by atoms with Crippen molar-refractivity contribution < 1.29 is 0 Å². The lowest BCUT2D eigenvalue weighted by molar-refractivity contribution is 0.359. The summed E-state index contributed by atoms with van der Waals surface area (Å²) in [5, 5.41) is 10.1. The molecule has 4 aromatic rings. The first kappa shape index (κ1) is 24.4. The molecule has 8 heteroatoms. The van der Waals surface area contributed by atoms with E-state index in [0.29, 0.717) is 29.0 Å². The summed E-state index contributed by atoms with van der Waals surface area (Å²) in [5.74, 6) is 0.840. The molecule has 0 radical (unpaired) electrons. The number of nitrogens with one attached hydrogen (secondary N) is 3. The van der Waals surface area contributed by atoms with E-state index in [0.717, 1.165) is 16.7 Å². The van der Waals surface area contributed by atoms with Gasteiger partial charge >= 0.3 is 0 Å². The summed E-state index contributed by atoms with van der Waals surface area (Å²) in [6.45, 7) is 8.71.